The molecule has 0 aliphatic rings. The zero-order chi connectivity index (χ0) is 9.61. The van der Waals surface area contributed by atoms with E-state index in [2.05, 4.69) is 14.0 Å². The van der Waals surface area contributed by atoms with Crippen LogP contribution >= 0.6 is 7.60 Å². The lowest BCUT2D eigenvalue weighted by atomic mass is 10.5. The summed E-state index contributed by atoms with van der Waals surface area (Å²) in [5.74, 6) is -0.496. The number of diazo groups is 1. The van der Waals surface area contributed by atoms with E-state index in [1.54, 1.807) is 0 Å². The zero-order valence-corrected chi connectivity index (χ0v) is 7.78. The summed E-state index contributed by atoms with van der Waals surface area (Å²) in [5.41, 5.74) is 0. The molecule has 0 aromatic rings. The lowest BCUT2D eigenvalue weighted by Gasteiger charge is -2.09. The molecule has 0 rings (SSSR count). The maximum Gasteiger partial charge on any atom is 0.363 e. The van der Waals surface area contributed by atoms with Gasteiger partial charge in [-0.15, -0.1) is 0 Å². The van der Waals surface area contributed by atoms with Crippen molar-refractivity contribution in [3.05, 3.63) is 4.98 Å². The Labute approximate surface area is 70.0 Å². The van der Waals surface area contributed by atoms with Crippen LogP contribution in [0.25, 0.3) is 4.98 Å². The Kier molecular flexibility index (Phi) is 4.67. The van der Waals surface area contributed by atoms with E-state index in [0.717, 1.165) is 0 Å². The minimum Gasteiger partial charge on any atom is -0.312 e. The molecule has 0 radical (unpaired) electrons. The summed E-state index contributed by atoms with van der Waals surface area (Å²) in [4.78, 5) is 13.4. The molecule has 12 heavy (non-hydrogen) atoms. The molecular weight excluding hydrogens is 183 g/mol. The van der Waals surface area contributed by atoms with Crippen LogP contribution in [0.2, 0.25) is 0 Å². The van der Waals surface area contributed by atoms with Gasteiger partial charge in [-0.2, -0.15) is 0 Å². The lowest BCUT2D eigenvalue weighted by molar-refractivity contribution is -0.115. The molecule has 68 valence electrons. The van der Waals surface area contributed by atoms with Crippen molar-refractivity contribution >= 4 is 13.4 Å². The summed E-state index contributed by atoms with van der Waals surface area (Å²) in [6.45, 7) is -0.392. The van der Waals surface area contributed by atoms with Crippen molar-refractivity contribution < 1.29 is 18.4 Å². The van der Waals surface area contributed by atoms with Gasteiger partial charge in [0.1, 0.15) is 11.1 Å². The van der Waals surface area contributed by atoms with Gasteiger partial charge in [0.15, 0.2) is 0 Å². The largest absolute Gasteiger partial charge is 0.363 e. The highest BCUT2D eigenvalue weighted by molar-refractivity contribution is 7.54. The Morgan fingerprint density at radius 1 is 1.50 bits per heavy atom. The van der Waals surface area contributed by atoms with E-state index in [4.69, 9.17) is 5.39 Å². The summed E-state index contributed by atoms with van der Waals surface area (Å²) < 4.78 is 20.2. The van der Waals surface area contributed by atoms with E-state index in [0.29, 0.717) is 0 Å². The van der Waals surface area contributed by atoms with Gasteiger partial charge in [-0.05, 0) is 0 Å². The van der Waals surface area contributed by atoms with Crippen LogP contribution in [-0.4, -0.2) is 32.7 Å². The number of hydrogen-bond acceptors (Lipinski definition) is 5. The Hall–Kier alpha value is -0.760. The SMILES string of the molecule is COP(=O)(CC(=O)C[N+]#N)OC. The average molecular weight is 193 g/mol. The molecule has 0 amide bonds. The fourth-order valence-electron chi connectivity index (χ4n) is 0.548. The molecule has 0 spiro atoms. The maximum atomic E-state index is 11.2. The van der Waals surface area contributed by atoms with Gasteiger partial charge < -0.3 is 9.05 Å². The number of carbonyl (C=O) groups is 1. The number of nitrogens with zero attached hydrogens (tertiary/aromatic N) is 2. The Bertz CT molecular complexity index is 238. The molecule has 0 heterocycles. The number of hydrogen-bond donors (Lipinski definition) is 0. The van der Waals surface area contributed by atoms with Gasteiger partial charge in [0.25, 0.3) is 0 Å². The molecule has 0 unspecified atom stereocenters. The third-order valence-electron chi connectivity index (χ3n) is 1.17. The second kappa shape index (κ2) is 4.99. The molecule has 0 aliphatic carbocycles. The van der Waals surface area contributed by atoms with Crippen molar-refractivity contribution in [2.45, 2.75) is 0 Å². The highest BCUT2D eigenvalue weighted by atomic mass is 31.2. The van der Waals surface area contributed by atoms with Gasteiger partial charge in [0, 0.05) is 14.2 Å². The minimum atomic E-state index is -3.29. The standard InChI is InChI=1S/C5H10N2O4P/c1-10-12(9,11-2)4-5(8)3-7-6/h3-4H2,1-2H3/q+1. The Balaban J connectivity index is 4.15. The maximum absolute atomic E-state index is 11.2. The smallest absolute Gasteiger partial charge is 0.312 e. The van der Waals surface area contributed by atoms with Crippen LogP contribution < -0.4 is 0 Å². The minimum absolute atomic E-state index is 0.371. The molecule has 0 aromatic heterocycles. The fraction of sp³-hybridized carbons (Fsp3) is 0.800. The molecule has 0 saturated carbocycles. The molecule has 6 nitrogen and oxygen atoms in total. The van der Waals surface area contributed by atoms with Crippen molar-refractivity contribution in [1.82, 2.24) is 0 Å². The summed E-state index contributed by atoms with van der Waals surface area (Å²) >= 11 is 0. The van der Waals surface area contributed by atoms with Gasteiger partial charge in [0.05, 0.1) is 0 Å². The highest BCUT2D eigenvalue weighted by Gasteiger charge is 2.27. The van der Waals surface area contributed by atoms with Crippen LogP contribution in [0.3, 0.4) is 0 Å². The van der Waals surface area contributed by atoms with Crippen molar-refractivity contribution in [3.8, 4) is 0 Å². The van der Waals surface area contributed by atoms with Crippen LogP contribution in [0, 0.1) is 5.39 Å². The van der Waals surface area contributed by atoms with Crippen LogP contribution in [-0.2, 0) is 18.4 Å². The number of rotatable bonds is 5. The summed E-state index contributed by atoms with van der Waals surface area (Å²) in [6.07, 6.45) is -0.371. The van der Waals surface area contributed by atoms with Crippen LogP contribution in [0.4, 0.5) is 0 Å². The first-order valence-electron chi connectivity index (χ1n) is 3.11. The van der Waals surface area contributed by atoms with E-state index >= 15 is 0 Å². The molecule has 0 bridgehead atoms. The van der Waals surface area contributed by atoms with Crippen LogP contribution in [0.1, 0.15) is 0 Å². The topological polar surface area (TPSA) is 80.8 Å². The van der Waals surface area contributed by atoms with Gasteiger partial charge in [-0.25, -0.2) is 0 Å². The summed E-state index contributed by atoms with van der Waals surface area (Å²) in [7, 11) is -0.911. The first-order chi connectivity index (χ1) is 5.58. The van der Waals surface area contributed by atoms with E-state index < -0.39 is 19.9 Å². The summed E-state index contributed by atoms with van der Waals surface area (Å²) in [5, 5.41) is 8.01. The second-order valence-electron chi connectivity index (χ2n) is 1.97. The number of carbonyl (C=O) groups excluding carboxylic acids is 1. The fourth-order valence-corrected chi connectivity index (χ4v) is 1.49. The monoisotopic (exact) mass is 193 g/mol. The van der Waals surface area contributed by atoms with Crippen molar-refractivity contribution in [1.29, 1.82) is 5.39 Å². The average Bonchev–Trinajstić information content (AvgIpc) is 2.05. The number of Topliss-reactive ketones (excluding diaryl/α,β-unsaturated/α-hetero) is 1. The first-order valence-corrected chi connectivity index (χ1v) is 4.84. The Morgan fingerprint density at radius 3 is 2.33 bits per heavy atom. The molecule has 7 heteroatoms. The van der Waals surface area contributed by atoms with E-state index in [1.807, 2.05) is 0 Å². The molecular formula is C5H10N2O4P+. The molecule has 0 atom stereocenters. The van der Waals surface area contributed by atoms with Gasteiger partial charge in [-0.3, -0.25) is 9.36 Å². The second-order valence-corrected chi connectivity index (χ2v) is 4.24. The number of ketones is 1. The first kappa shape index (κ1) is 11.2. The molecule has 0 aromatic carbocycles. The third-order valence-corrected chi connectivity index (χ3v) is 3.03. The van der Waals surface area contributed by atoms with Gasteiger partial charge in [-0.1, -0.05) is 0 Å². The van der Waals surface area contributed by atoms with Crippen molar-refractivity contribution in [2.75, 3.05) is 26.9 Å². The van der Waals surface area contributed by atoms with Crippen LogP contribution in [0.5, 0.6) is 0 Å². The van der Waals surface area contributed by atoms with Crippen molar-refractivity contribution in [2.24, 2.45) is 0 Å². The quantitative estimate of drug-likeness (QED) is 0.478. The molecule has 0 N–H and O–H groups in total. The molecule has 0 fully saturated rings. The molecule has 0 aliphatic heterocycles. The highest BCUT2D eigenvalue weighted by Crippen LogP contribution is 2.45. The molecule has 0 saturated heterocycles. The van der Waals surface area contributed by atoms with Crippen LogP contribution in [0.15, 0.2) is 0 Å². The van der Waals surface area contributed by atoms with Gasteiger partial charge >= 0.3 is 14.1 Å². The predicted molar refractivity (Wildman–Crippen MR) is 41.4 cm³/mol. The van der Waals surface area contributed by atoms with E-state index in [1.165, 1.54) is 14.2 Å². The normalized spacial score (nSPS) is 10.8. The van der Waals surface area contributed by atoms with E-state index in [-0.39, 0.29) is 6.16 Å². The third kappa shape index (κ3) is 3.58. The summed E-state index contributed by atoms with van der Waals surface area (Å²) in [6, 6.07) is 0. The lowest BCUT2D eigenvalue weighted by Crippen LogP contribution is -2.09. The Morgan fingerprint density at radius 2 is 2.00 bits per heavy atom. The van der Waals surface area contributed by atoms with E-state index in [9.17, 15) is 9.36 Å². The zero-order valence-electron chi connectivity index (χ0n) is 6.89. The van der Waals surface area contributed by atoms with Crippen molar-refractivity contribution in [3.63, 3.8) is 0 Å². The van der Waals surface area contributed by atoms with Gasteiger partial charge in [0.2, 0.25) is 11.2 Å². The predicted octanol–water partition coefficient (Wildman–Crippen LogP) is 0.894.